The van der Waals surface area contributed by atoms with Crippen molar-refractivity contribution in [3.8, 4) is 5.75 Å². The molecule has 1 saturated carbocycles. The van der Waals surface area contributed by atoms with Crippen LogP contribution in [0.3, 0.4) is 0 Å². The molecular weight excluding hydrogens is 253 g/mol. The van der Waals surface area contributed by atoms with E-state index in [9.17, 15) is 4.39 Å². The van der Waals surface area contributed by atoms with E-state index in [-0.39, 0.29) is 18.0 Å². The number of benzene rings is 1. The molecule has 0 aromatic heterocycles. The zero-order valence-electron chi connectivity index (χ0n) is 12.8. The summed E-state index contributed by atoms with van der Waals surface area (Å²) in [6, 6.07) is 4.92. The van der Waals surface area contributed by atoms with Crippen LogP contribution in [0.1, 0.15) is 57.6 Å². The van der Waals surface area contributed by atoms with E-state index in [2.05, 4.69) is 12.2 Å². The smallest absolute Gasteiger partial charge is 0.124 e. The van der Waals surface area contributed by atoms with Crippen LogP contribution < -0.4 is 10.1 Å². The minimum atomic E-state index is -0.204. The van der Waals surface area contributed by atoms with Crippen molar-refractivity contribution in [2.75, 3.05) is 7.05 Å². The van der Waals surface area contributed by atoms with Crippen LogP contribution in [-0.2, 0) is 0 Å². The first kappa shape index (κ1) is 15.3. The van der Waals surface area contributed by atoms with E-state index in [1.165, 1.54) is 25.3 Å². The largest absolute Gasteiger partial charge is 0.490 e. The average Bonchev–Trinajstić information content (AvgIpc) is 2.49. The molecule has 1 aliphatic carbocycles. The van der Waals surface area contributed by atoms with Crippen molar-refractivity contribution in [2.24, 2.45) is 5.92 Å². The van der Waals surface area contributed by atoms with Crippen molar-refractivity contribution in [3.63, 3.8) is 0 Å². The highest BCUT2D eigenvalue weighted by molar-refractivity contribution is 5.36. The van der Waals surface area contributed by atoms with Crippen molar-refractivity contribution in [3.05, 3.63) is 29.6 Å². The topological polar surface area (TPSA) is 21.3 Å². The summed E-state index contributed by atoms with van der Waals surface area (Å²) in [5.41, 5.74) is 0.908. The molecule has 1 atom stereocenters. The molecule has 20 heavy (non-hydrogen) atoms. The van der Waals surface area contributed by atoms with Gasteiger partial charge in [0.05, 0.1) is 6.10 Å². The first-order valence-electron chi connectivity index (χ1n) is 7.77. The molecule has 0 spiro atoms. The molecule has 0 bridgehead atoms. The van der Waals surface area contributed by atoms with E-state index >= 15 is 0 Å². The van der Waals surface area contributed by atoms with Gasteiger partial charge >= 0.3 is 0 Å². The number of rotatable bonds is 5. The van der Waals surface area contributed by atoms with Gasteiger partial charge in [-0.1, -0.05) is 13.3 Å². The maximum atomic E-state index is 13.4. The third kappa shape index (κ3) is 3.72. The van der Waals surface area contributed by atoms with Crippen LogP contribution >= 0.6 is 0 Å². The van der Waals surface area contributed by atoms with Crippen molar-refractivity contribution < 1.29 is 9.13 Å². The molecule has 1 aromatic rings. The fraction of sp³-hybridized carbons (Fsp3) is 0.647. The van der Waals surface area contributed by atoms with Crippen LogP contribution in [0.25, 0.3) is 0 Å². The average molecular weight is 279 g/mol. The van der Waals surface area contributed by atoms with E-state index in [0.29, 0.717) is 0 Å². The Morgan fingerprint density at radius 3 is 2.60 bits per heavy atom. The Balaban J connectivity index is 2.05. The van der Waals surface area contributed by atoms with E-state index < -0.39 is 0 Å². The summed E-state index contributed by atoms with van der Waals surface area (Å²) in [7, 11) is 1.88. The Morgan fingerprint density at radius 1 is 1.30 bits per heavy atom. The summed E-state index contributed by atoms with van der Waals surface area (Å²) in [5, 5.41) is 3.16. The quantitative estimate of drug-likeness (QED) is 0.859. The van der Waals surface area contributed by atoms with E-state index in [0.717, 1.165) is 30.1 Å². The lowest BCUT2D eigenvalue weighted by Gasteiger charge is -2.29. The van der Waals surface area contributed by atoms with E-state index in [4.69, 9.17) is 4.74 Å². The second kappa shape index (κ2) is 7.07. The van der Waals surface area contributed by atoms with Gasteiger partial charge < -0.3 is 10.1 Å². The maximum absolute atomic E-state index is 13.4. The van der Waals surface area contributed by atoms with Gasteiger partial charge in [0.25, 0.3) is 0 Å². The van der Waals surface area contributed by atoms with Crippen molar-refractivity contribution in [2.45, 2.75) is 58.1 Å². The number of hydrogen-bond acceptors (Lipinski definition) is 2. The summed E-state index contributed by atoms with van der Waals surface area (Å²) >= 11 is 0. The van der Waals surface area contributed by atoms with Gasteiger partial charge in [-0.15, -0.1) is 0 Å². The minimum absolute atomic E-state index is 0.0904. The zero-order valence-corrected chi connectivity index (χ0v) is 12.8. The molecule has 1 aromatic carbocycles. The summed E-state index contributed by atoms with van der Waals surface area (Å²) in [4.78, 5) is 0. The van der Waals surface area contributed by atoms with Gasteiger partial charge in [-0.25, -0.2) is 4.39 Å². The normalized spacial score (nSPS) is 24.4. The van der Waals surface area contributed by atoms with Crippen LogP contribution in [0.2, 0.25) is 0 Å². The van der Waals surface area contributed by atoms with Gasteiger partial charge in [-0.3, -0.25) is 0 Å². The van der Waals surface area contributed by atoms with Crippen molar-refractivity contribution in [1.82, 2.24) is 5.32 Å². The number of ether oxygens (including phenoxy) is 1. The second-order valence-electron chi connectivity index (χ2n) is 5.86. The highest BCUT2D eigenvalue weighted by Crippen LogP contribution is 2.32. The molecule has 0 aliphatic heterocycles. The fourth-order valence-corrected chi connectivity index (χ4v) is 2.96. The Labute approximate surface area is 121 Å². The zero-order chi connectivity index (χ0) is 14.5. The fourth-order valence-electron chi connectivity index (χ4n) is 2.96. The molecule has 0 radical (unpaired) electrons. The number of nitrogens with one attached hydrogen (secondary N) is 1. The van der Waals surface area contributed by atoms with Crippen molar-refractivity contribution >= 4 is 0 Å². The van der Waals surface area contributed by atoms with E-state index in [1.807, 2.05) is 14.0 Å². The predicted molar refractivity (Wildman–Crippen MR) is 80.5 cm³/mol. The van der Waals surface area contributed by atoms with Gasteiger partial charge in [-0.05, 0) is 63.8 Å². The molecule has 2 rings (SSSR count). The third-order valence-electron chi connectivity index (χ3n) is 4.54. The Morgan fingerprint density at radius 2 is 2.00 bits per heavy atom. The molecule has 3 heteroatoms. The molecular formula is C17H26FNO. The SMILES string of the molecule is CCC1CCC(Oc2ccc(F)cc2C(C)NC)CC1. The first-order chi connectivity index (χ1) is 9.63. The first-order valence-corrected chi connectivity index (χ1v) is 7.77. The summed E-state index contributed by atoms with van der Waals surface area (Å²) in [6.45, 7) is 4.29. The Bertz CT molecular complexity index is 427. The van der Waals surface area contributed by atoms with Crippen molar-refractivity contribution in [1.29, 1.82) is 0 Å². The highest BCUT2D eigenvalue weighted by Gasteiger charge is 2.22. The van der Waals surface area contributed by atoms with E-state index in [1.54, 1.807) is 12.1 Å². The molecule has 1 aliphatic rings. The van der Waals surface area contributed by atoms with Crippen LogP contribution in [0, 0.1) is 11.7 Å². The Hall–Kier alpha value is -1.09. The number of hydrogen-bond donors (Lipinski definition) is 1. The van der Waals surface area contributed by atoms with Crippen LogP contribution in [-0.4, -0.2) is 13.2 Å². The lowest BCUT2D eigenvalue weighted by atomic mass is 9.86. The monoisotopic (exact) mass is 279 g/mol. The molecule has 0 heterocycles. The van der Waals surface area contributed by atoms with Gasteiger partial charge in [-0.2, -0.15) is 0 Å². The van der Waals surface area contributed by atoms with Gasteiger partial charge in [0, 0.05) is 11.6 Å². The van der Waals surface area contributed by atoms with Crippen LogP contribution in [0.5, 0.6) is 5.75 Å². The van der Waals surface area contributed by atoms with Gasteiger partial charge in [0.2, 0.25) is 0 Å². The molecule has 1 fully saturated rings. The standard InChI is InChI=1S/C17H26FNO/c1-4-13-5-8-15(9-6-13)20-17-10-7-14(18)11-16(17)12(2)19-3/h7,10-13,15,19H,4-6,8-9H2,1-3H3. The summed E-state index contributed by atoms with van der Waals surface area (Å²) < 4.78 is 19.6. The van der Waals surface area contributed by atoms with Gasteiger partial charge in [0.1, 0.15) is 11.6 Å². The molecule has 1 unspecified atom stereocenters. The third-order valence-corrected chi connectivity index (χ3v) is 4.54. The minimum Gasteiger partial charge on any atom is -0.490 e. The predicted octanol–water partition coefficient (Wildman–Crippen LogP) is 4.45. The lowest BCUT2D eigenvalue weighted by Crippen LogP contribution is -2.25. The van der Waals surface area contributed by atoms with Crippen LogP contribution in [0.15, 0.2) is 18.2 Å². The highest BCUT2D eigenvalue weighted by atomic mass is 19.1. The van der Waals surface area contributed by atoms with Crippen LogP contribution in [0.4, 0.5) is 4.39 Å². The molecule has 112 valence electrons. The second-order valence-corrected chi connectivity index (χ2v) is 5.86. The molecule has 2 nitrogen and oxygen atoms in total. The number of halogens is 1. The molecule has 1 N–H and O–H groups in total. The summed E-state index contributed by atoms with van der Waals surface area (Å²) in [6.07, 6.45) is 6.28. The summed E-state index contributed by atoms with van der Waals surface area (Å²) in [5.74, 6) is 1.48. The maximum Gasteiger partial charge on any atom is 0.124 e. The molecule has 0 amide bonds. The van der Waals surface area contributed by atoms with Gasteiger partial charge in [0.15, 0.2) is 0 Å². The lowest BCUT2D eigenvalue weighted by molar-refractivity contribution is 0.128. The Kier molecular flexibility index (Phi) is 5.41. The molecule has 0 saturated heterocycles.